The van der Waals surface area contributed by atoms with Gasteiger partial charge in [-0.1, -0.05) is 13.0 Å². The lowest BCUT2D eigenvalue weighted by atomic mass is 10.2. The molecule has 1 aromatic carbocycles. The molecular weight excluding hydrogens is 496 g/mol. The SMILES string of the molecule is CCNC(=NCC(CC)Oc1cccc(F)c1)NCCCCN1CCN(C)CC1.I. The van der Waals surface area contributed by atoms with Gasteiger partial charge in [-0.2, -0.15) is 0 Å². The number of ether oxygens (including phenoxy) is 1. The molecule has 1 unspecified atom stereocenters. The largest absolute Gasteiger partial charge is 0.488 e. The fourth-order valence-electron chi connectivity index (χ4n) is 3.26. The summed E-state index contributed by atoms with van der Waals surface area (Å²) in [5.74, 6) is 1.08. The molecule has 30 heavy (non-hydrogen) atoms. The molecule has 1 aliphatic heterocycles. The molecule has 0 radical (unpaired) electrons. The van der Waals surface area contributed by atoms with Gasteiger partial charge in [0, 0.05) is 45.3 Å². The van der Waals surface area contributed by atoms with Crippen molar-refractivity contribution < 1.29 is 9.13 Å². The number of hydrogen-bond acceptors (Lipinski definition) is 4. The van der Waals surface area contributed by atoms with Crippen molar-refractivity contribution in [2.45, 2.75) is 39.2 Å². The summed E-state index contributed by atoms with van der Waals surface area (Å²) in [6.45, 7) is 12.2. The molecule has 0 bridgehead atoms. The maximum Gasteiger partial charge on any atom is 0.191 e. The molecule has 0 amide bonds. The fraction of sp³-hybridized carbons (Fsp3) is 0.682. The van der Waals surface area contributed by atoms with Gasteiger partial charge in [0.2, 0.25) is 0 Å². The molecule has 8 heteroatoms. The smallest absolute Gasteiger partial charge is 0.191 e. The van der Waals surface area contributed by atoms with E-state index in [0.29, 0.717) is 12.3 Å². The van der Waals surface area contributed by atoms with Crippen molar-refractivity contribution in [3.05, 3.63) is 30.1 Å². The molecule has 1 heterocycles. The van der Waals surface area contributed by atoms with Gasteiger partial charge in [-0.05, 0) is 51.9 Å². The second-order valence-corrected chi connectivity index (χ2v) is 7.60. The average molecular weight is 535 g/mol. The molecule has 0 saturated carbocycles. The number of halogens is 2. The van der Waals surface area contributed by atoms with Crippen LogP contribution < -0.4 is 15.4 Å². The van der Waals surface area contributed by atoms with Crippen molar-refractivity contribution in [3.8, 4) is 5.75 Å². The van der Waals surface area contributed by atoms with Crippen LogP contribution in [0.5, 0.6) is 5.75 Å². The Labute approximate surface area is 198 Å². The van der Waals surface area contributed by atoms with Gasteiger partial charge in [-0.25, -0.2) is 9.38 Å². The highest BCUT2D eigenvalue weighted by molar-refractivity contribution is 14.0. The molecule has 0 aromatic heterocycles. The zero-order valence-electron chi connectivity index (χ0n) is 18.7. The summed E-state index contributed by atoms with van der Waals surface area (Å²) >= 11 is 0. The third-order valence-electron chi connectivity index (χ3n) is 5.14. The Bertz CT molecular complexity index is 611. The fourth-order valence-corrected chi connectivity index (χ4v) is 3.26. The van der Waals surface area contributed by atoms with Crippen LogP contribution in [0.4, 0.5) is 4.39 Å². The molecule has 172 valence electrons. The third kappa shape index (κ3) is 10.8. The lowest BCUT2D eigenvalue weighted by molar-refractivity contribution is 0.152. The molecule has 1 atom stereocenters. The molecule has 0 spiro atoms. The molecule has 6 nitrogen and oxygen atoms in total. The van der Waals surface area contributed by atoms with Crippen LogP contribution in [-0.4, -0.2) is 81.3 Å². The molecule has 2 rings (SSSR count). The third-order valence-corrected chi connectivity index (χ3v) is 5.14. The molecular formula is C22H39FIN5O. The number of nitrogens with zero attached hydrogens (tertiary/aromatic N) is 3. The van der Waals surface area contributed by atoms with E-state index in [-0.39, 0.29) is 35.9 Å². The van der Waals surface area contributed by atoms with Crippen molar-refractivity contribution in [2.24, 2.45) is 4.99 Å². The first-order chi connectivity index (χ1) is 14.1. The van der Waals surface area contributed by atoms with Gasteiger partial charge in [-0.15, -0.1) is 24.0 Å². The number of hydrogen-bond donors (Lipinski definition) is 2. The van der Waals surface area contributed by atoms with Crippen molar-refractivity contribution >= 4 is 29.9 Å². The van der Waals surface area contributed by atoms with Gasteiger partial charge in [0.15, 0.2) is 5.96 Å². The molecule has 1 fully saturated rings. The van der Waals surface area contributed by atoms with E-state index in [0.717, 1.165) is 31.9 Å². The minimum Gasteiger partial charge on any atom is -0.488 e. The van der Waals surface area contributed by atoms with E-state index in [1.165, 1.54) is 51.3 Å². The number of rotatable bonds is 11. The highest BCUT2D eigenvalue weighted by Crippen LogP contribution is 2.15. The minimum atomic E-state index is -0.285. The summed E-state index contributed by atoms with van der Waals surface area (Å²) in [7, 11) is 2.19. The lowest BCUT2D eigenvalue weighted by Crippen LogP contribution is -2.44. The van der Waals surface area contributed by atoms with Crippen molar-refractivity contribution in [1.29, 1.82) is 0 Å². The number of benzene rings is 1. The molecule has 2 N–H and O–H groups in total. The van der Waals surface area contributed by atoms with Crippen LogP contribution in [0.15, 0.2) is 29.3 Å². The lowest BCUT2D eigenvalue weighted by Gasteiger charge is -2.32. The van der Waals surface area contributed by atoms with Gasteiger partial charge >= 0.3 is 0 Å². The van der Waals surface area contributed by atoms with E-state index in [1.54, 1.807) is 12.1 Å². The Kier molecular flexibility index (Phi) is 14.0. The Morgan fingerprint density at radius 1 is 1.17 bits per heavy atom. The minimum absolute atomic E-state index is 0. The second-order valence-electron chi connectivity index (χ2n) is 7.60. The summed E-state index contributed by atoms with van der Waals surface area (Å²) in [4.78, 5) is 9.60. The first-order valence-electron chi connectivity index (χ1n) is 11.0. The van der Waals surface area contributed by atoms with Crippen molar-refractivity contribution in [2.75, 3.05) is 59.4 Å². The summed E-state index contributed by atoms with van der Waals surface area (Å²) in [6.07, 6.45) is 3.04. The summed E-state index contributed by atoms with van der Waals surface area (Å²) in [6, 6.07) is 6.27. The van der Waals surface area contributed by atoms with E-state index in [4.69, 9.17) is 4.74 Å². The summed E-state index contributed by atoms with van der Waals surface area (Å²) in [5.41, 5.74) is 0. The molecule has 1 saturated heterocycles. The standard InChI is InChI=1S/C22H38FN5O.HI/c1-4-20(29-21-10-8-9-19(23)17-21)18-26-22(24-5-2)25-11-6-7-12-28-15-13-27(3)14-16-28;/h8-10,17,20H,4-7,11-16,18H2,1-3H3,(H2,24,25,26);1H. The molecule has 1 aromatic rings. The Balaban J connectivity index is 0.00000450. The van der Waals surface area contributed by atoms with E-state index in [1.807, 2.05) is 0 Å². The highest BCUT2D eigenvalue weighted by Gasteiger charge is 2.13. The number of likely N-dealkylation sites (N-methyl/N-ethyl adjacent to an activating group) is 1. The zero-order chi connectivity index (χ0) is 20.9. The molecule has 1 aliphatic rings. The summed E-state index contributed by atoms with van der Waals surface area (Å²) in [5, 5.41) is 6.70. The van der Waals surface area contributed by atoms with Gasteiger partial charge < -0.3 is 25.2 Å². The predicted octanol–water partition coefficient (Wildman–Crippen LogP) is 3.18. The number of aliphatic imine (C=N–C) groups is 1. The first-order valence-corrected chi connectivity index (χ1v) is 11.0. The average Bonchev–Trinajstić information content (AvgIpc) is 2.72. The van der Waals surface area contributed by atoms with Crippen LogP contribution in [0.25, 0.3) is 0 Å². The van der Waals surface area contributed by atoms with Crippen molar-refractivity contribution in [3.63, 3.8) is 0 Å². The summed E-state index contributed by atoms with van der Waals surface area (Å²) < 4.78 is 19.2. The zero-order valence-corrected chi connectivity index (χ0v) is 21.0. The quantitative estimate of drug-likeness (QED) is 0.197. The maximum absolute atomic E-state index is 13.3. The van der Waals surface area contributed by atoms with Crippen LogP contribution in [0.1, 0.15) is 33.1 Å². The van der Waals surface area contributed by atoms with Crippen LogP contribution in [0.3, 0.4) is 0 Å². The van der Waals surface area contributed by atoms with E-state index in [2.05, 4.69) is 46.3 Å². The van der Waals surface area contributed by atoms with E-state index in [9.17, 15) is 4.39 Å². The Morgan fingerprint density at radius 2 is 1.93 bits per heavy atom. The van der Waals surface area contributed by atoms with Gasteiger partial charge in [0.25, 0.3) is 0 Å². The second kappa shape index (κ2) is 15.6. The topological polar surface area (TPSA) is 52.1 Å². The number of piperazine rings is 1. The first kappa shape index (κ1) is 26.9. The highest BCUT2D eigenvalue weighted by atomic mass is 127. The van der Waals surface area contributed by atoms with Crippen molar-refractivity contribution in [1.82, 2.24) is 20.4 Å². The number of nitrogens with one attached hydrogen (secondary N) is 2. The van der Waals surface area contributed by atoms with Gasteiger partial charge in [0.1, 0.15) is 17.7 Å². The maximum atomic E-state index is 13.3. The monoisotopic (exact) mass is 535 g/mol. The number of guanidine groups is 1. The van der Waals surface area contributed by atoms with Crippen LogP contribution in [0, 0.1) is 5.82 Å². The Morgan fingerprint density at radius 3 is 2.60 bits per heavy atom. The van der Waals surface area contributed by atoms with Gasteiger partial charge in [-0.3, -0.25) is 0 Å². The Hall–Kier alpha value is -1.13. The van der Waals surface area contributed by atoms with Crippen LogP contribution in [-0.2, 0) is 0 Å². The predicted molar refractivity (Wildman–Crippen MR) is 134 cm³/mol. The number of unbranched alkanes of at least 4 members (excludes halogenated alkanes) is 1. The van der Waals surface area contributed by atoms with Crippen LogP contribution in [0.2, 0.25) is 0 Å². The molecule has 0 aliphatic carbocycles. The normalized spacial score (nSPS) is 16.6. The van der Waals surface area contributed by atoms with E-state index < -0.39 is 0 Å². The van der Waals surface area contributed by atoms with E-state index >= 15 is 0 Å². The van der Waals surface area contributed by atoms with Crippen LogP contribution >= 0.6 is 24.0 Å². The van der Waals surface area contributed by atoms with Gasteiger partial charge in [0.05, 0.1) is 6.54 Å².